The highest BCUT2D eigenvalue weighted by atomic mass is 19.1. The Morgan fingerprint density at radius 3 is 2.31 bits per heavy atom. The van der Waals surface area contributed by atoms with Crippen LogP contribution in [0.5, 0.6) is 23.0 Å². The van der Waals surface area contributed by atoms with Crippen molar-refractivity contribution in [2.45, 2.75) is 19.8 Å². The molecule has 0 bridgehead atoms. The van der Waals surface area contributed by atoms with Crippen LogP contribution in [0.15, 0.2) is 78.0 Å². The van der Waals surface area contributed by atoms with Crippen molar-refractivity contribution < 1.29 is 23.4 Å². The number of carbonyl (C=O) groups excluding carboxylic acids is 1. The lowest BCUT2D eigenvalue weighted by Gasteiger charge is -2.19. The van der Waals surface area contributed by atoms with Gasteiger partial charge in [-0.05, 0) is 47.9 Å². The number of methoxy groups -OCH3 is 2. The Kier molecular flexibility index (Phi) is 7.88. The molecule has 0 saturated carbocycles. The number of amides is 1. The molecular formula is C32H29FN4O5. The number of ether oxygens (including phenoxy) is 3. The number of carbonyl (C=O) groups is 1. The van der Waals surface area contributed by atoms with Crippen LogP contribution in [0.25, 0.3) is 22.0 Å². The fraction of sp³-hybridized carbons (Fsp3) is 0.188. The SMILES string of the molecule is COc1cc2nccc(Oc3ccc(NC(=O)c4cn(C)c(C(C)C)c(-c5ccc(F)cc5)c4=O)nc3)c2cc1OC. The van der Waals surface area contributed by atoms with Crippen LogP contribution in [-0.2, 0) is 7.05 Å². The lowest BCUT2D eigenvalue weighted by atomic mass is 9.95. The third-order valence-corrected chi connectivity index (χ3v) is 6.77. The molecule has 0 atom stereocenters. The molecule has 1 N–H and O–H groups in total. The molecule has 0 aliphatic heterocycles. The van der Waals surface area contributed by atoms with Crippen LogP contribution in [0.2, 0.25) is 0 Å². The van der Waals surface area contributed by atoms with Gasteiger partial charge in [-0.15, -0.1) is 0 Å². The number of halogens is 1. The predicted molar refractivity (Wildman–Crippen MR) is 158 cm³/mol. The van der Waals surface area contributed by atoms with Gasteiger partial charge in [-0.1, -0.05) is 26.0 Å². The average Bonchev–Trinajstić information content (AvgIpc) is 2.98. The first-order valence-electron chi connectivity index (χ1n) is 13.2. The Labute approximate surface area is 241 Å². The number of hydrogen-bond donors (Lipinski definition) is 1. The molecule has 0 radical (unpaired) electrons. The quantitative estimate of drug-likeness (QED) is 0.234. The van der Waals surface area contributed by atoms with Crippen molar-refractivity contribution in [3.8, 4) is 34.1 Å². The molecule has 5 aromatic rings. The molecular weight excluding hydrogens is 539 g/mol. The van der Waals surface area contributed by atoms with E-state index < -0.39 is 17.2 Å². The van der Waals surface area contributed by atoms with Gasteiger partial charge >= 0.3 is 0 Å². The number of nitrogens with one attached hydrogen (secondary N) is 1. The van der Waals surface area contributed by atoms with Crippen molar-refractivity contribution >= 4 is 22.6 Å². The summed E-state index contributed by atoms with van der Waals surface area (Å²) in [5, 5.41) is 3.40. The maximum atomic E-state index is 13.6. The highest BCUT2D eigenvalue weighted by Crippen LogP contribution is 2.37. The summed E-state index contributed by atoms with van der Waals surface area (Å²) in [5.41, 5.74) is 1.79. The van der Waals surface area contributed by atoms with Gasteiger partial charge in [0.25, 0.3) is 5.91 Å². The van der Waals surface area contributed by atoms with E-state index in [1.165, 1.54) is 24.5 Å². The van der Waals surface area contributed by atoms with Crippen LogP contribution in [0.4, 0.5) is 10.2 Å². The number of hydrogen-bond acceptors (Lipinski definition) is 7. The molecule has 0 unspecified atom stereocenters. The summed E-state index contributed by atoms with van der Waals surface area (Å²) in [4.78, 5) is 35.5. The number of nitrogens with zero attached hydrogens (tertiary/aromatic N) is 3. The summed E-state index contributed by atoms with van der Waals surface area (Å²) in [6.07, 6.45) is 4.60. The highest BCUT2D eigenvalue weighted by molar-refractivity contribution is 6.04. The maximum absolute atomic E-state index is 13.6. The average molecular weight is 569 g/mol. The van der Waals surface area contributed by atoms with E-state index in [2.05, 4.69) is 15.3 Å². The second kappa shape index (κ2) is 11.7. The molecule has 3 heterocycles. The van der Waals surface area contributed by atoms with Gasteiger partial charge in [0.15, 0.2) is 11.5 Å². The van der Waals surface area contributed by atoms with E-state index in [0.717, 1.165) is 5.69 Å². The van der Waals surface area contributed by atoms with Crippen LogP contribution in [0, 0.1) is 5.82 Å². The standard InChI is InChI=1S/C32H29FN4O5/c1-18(2)30-29(19-6-8-20(33)9-7-19)31(38)23(17-37(30)3)32(39)36-28-11-10-21(16-35-28)42-25-12-13-34-24-15-27(41-5)26(40-4)14-22(24)25/h6-18H,1-5H3,(H,35,36,39). The van der Waals surface area contributed by atoms with E-state index in [1.54, 1.807) is 74.5 Å². The zero-order chi connectivity index (χ0) is 30.0. The van der Waals surface area contributed by atoms with Crippen molar-refractivity contribution in [2.24, 2.45) is 7.05 Å². The van der Waals surface area contributed by atoms with Crippen molar-refractivity contribution in [3.05, 3.63) is 100 Å². The first kappa shape index (κ1) is 28.3. The molecule has 5 rings (SSSR count). The van der Waals surface area contributed by atoms with Gasteiger partial charge < -0.3 is 24.1 Å². The van der Waals surface area contributed by atoms with Gasteiger partial charge in [0.2, 0.25) is 5.43 Å². The Hall–Kier alpha value is -5.25. The molecule has 0 aliphatic rings. The summed E-state index contributed by atoms with van der Waals surface area (Å²) >= 11 is 0. The Morgan fingerprint density at radius 2 is 1.67 bits per heavy atom. The van der Waals surface area contributed by atoms with Gasteiger partial charge in [-0.25, -0.2) is 9.37 Å². The van der Waals surface area contributed by atoms with Crippen LogP contribution >= 0.6 is 0 Å². The number of benzene rings is 2. The minimum Gasteiger partial charge on any atom is -0.493 e. The Bertz CT molecular complexity index is 1830. The van der Waals surface area contributed by atoms with Crippen molar-refractivity contribution in [1.29, 1.82) is 0 Å². The molecule has 0 saturated heterocycles. The molecule has 1 amide bonds. The molecule has 2 aromatic carbocycles. The Morgan fingerprint density at radius 1 is 0.952 bits per heavy atom. The third kappa shape index (κ3) is 5.51. The summed E-state index contributed by atoms with van der Waals surface area (Å²) in [5.74, 6) is 1.23. The maximum Gasteiger partial charge on any atom is 0.262 e. The van der Waals surface area contributed by atoms with Gasteiger partial charge in [0, 0.05) is 42.2 Å². The molecule has 0 aliphatic carbocycles. The van der Waals surface area contributed by atoms with E-state index in [9.17, 15) is 14.0 Å². The van der Waals surface area contributed by atoms with Gasteiger partial charge in [0.05, 0.1) is 25.9 Å². The Balaban J connectivity index is 1.41. The number of aromatic nitrogens is 3. The van der Waals surface area contributed by atoms with Crippen molar-refractivity contribution in [2.75, 3.05) is 19.5 Å². The number of rotatable bonds is 8. The van der Waals surface area contributed by atoms with Crippen molar-refractivity contribution in [1.82, 2.24) is 14.5 Å². The number of aryl methyl sites for hydroxylation is 1. The fourth-order valence-corrected chi connectivity index (χ4v) is 4.86. The summed E-state index contributed by atoms with van der Waals surface area (Å²) < 4.78 is 32.2. The van der Waals surface area contributed by atoms with E-state index in [0.29, 0.717) is 45.0 Å². The number of fused-ring (bicyclic) bond motifs is 1. The van der Waals surface area contributed by atoms with Gasteiger partial charge in [-0.2, -0.15) is 0 Å². The lowest BCUT2D eigenvalue weighted by Crippen LogP contribution is -2.27. The van der Waals surface area contributed by atoms with Crippen LogP contribution in [0.3, 0.4) is 0 Å². The summed E-state index contributed by atoms with van der Waals surface area (Å²) in [6, 6.07) is 14.2. The minimum atomic E-state index is -0.614. The van der Waals surface area contributed by atoms with Gasteiger partial charge in [0.1, 0.15) is 28.7 Å². The molecule has 9 nitrogen and oxygen atoms in total. The fourth-order valence-electron chi connectivity index (χ4n) is 4.86. The van der Waals surface area contributed by atoms with E-state index in [-0.39, 0.29) is 17.3 Å². The second-order valence-corrected chi connectivity index (χ2v) is 9.87. The number of anilines is 1. The largest absolute Gasteiger partial charge is 0.493 e. The van der Waals surface area contributed by atoms with Crippen molar-refractivity contribution in [3.63, 3.8) is 0 Å². The molecule has 214 valence electrons. The third-order valence-electron chi connectivity index (χ3n) is 6.77. The predicted octanol–water partition coefficient (Wildman–Crippen LogP) is 6.32. The molecule has 0 fully saturated rings. The zero-order valence-electron chi connectivity index (χ0n) is 23.8. The molecule has 3 aromatic heterocycles. The van der Waals surface area contributed by atoms with E-state index in [1.807, 2.05) is 13.8 Å². The van der Waals surface area contributed by atoms with Crippen LogP contribution in [-0.4, -0.2) is 34.7 Å². The zero-order valence-corrected chi connectivity index (χ0v) is 23.8. The van der Waals surface area contributed by atoms with Crippen LogP contribution in [0.1, 0.15) is 35.8 Å². The summed E-state index contributed by atoms with van der Waals surface area (Å²) in [7, 11) is 4.88. The smallest absolute Gasteiger partial charge is 0.262 e. The normalized spacial score (nSPS) is 11.0. The monoisotopic (exact) mass is 568 g/mol. The first-order chi connectivity index (χ1) is 20.2. The van der Waals surface area contributed by atoms with Crippen LogP contribution < -0.4 is 25.0 Å². The second-order valence-electron chi connectivity index (χ2n) is 9.87. The molecule has 42 heavy (non-hydrogen) atoms. The summed E-state index contributed by atoms with van der Waals surface area (Å²) in [6.45, 7) is 3.91. The molecule has 10 heteroatoms. The topological polar surface area (TPSA) is 105 Å². The first-order valence-corrected chi connectivity index (χ1v) is 13.2. The van der Waals surface area contributed by atoms with E-state index >= 15 is 0 Å². The van der Waals surface area contributed by atoms with Gasteiger partial charge in [-0.3, -0.25) is 14.6 Å². The number of pyridine rings is 3. The molecule has 0 spiro atoms. The lowest BCUT2D eigenvalue weighted by molar-refractivity contribution is 0.102. The van der Waals surface area contributed by atoms with E-state index in [4.69, 9.17) is 14.2 Å². The highest BCUT2D eigenvalue weighted by Gasteiger charge is 2.22. The minimum absolute atomic E-state index is 0.0188.